The molecular weight excluding hydrogens is 356 g/mol. The number of aliphatic hydroxyl groups is 1. The topological polar surface area (TPSA) is 46.5 Å². The summed E-state index contributed by atoms with van der Waals surface area (Å²) in [5, 5.41) is 11.1. The van der Waals surface area contributed by atoms with Gasteiger partial charge >= 0.3 is 5.97 Å². The molecule has 3 aromatic rings. The molecule has 0 amide bonds. The van der Waals surface area contributed by atoms with Crippen molar-refractivity contribution in [2.24, 2.45) is 0 Å². The van der Waals surface area contributed by atoms with Gasteiger partial charge in [0.25, 0.3) is 0 Å². The summed E-state index contributed by atoms with van der Waals surface area (Å²) in [6.07, 6.45) is -1.35. The van der Waals surface area contributed by atoms with Crippen molar-refractivity contribution in [3.63, 3.8) is 0 Å². The van der Waals surface area contributed by atoms with Crippen LogP contribution in [0.4, 0.5) is 0 Å². The minimum Gasteiger partial charge on any atom is -0.467 e. The van der Waals surface area contributed by atoms with Gasteiger partial charge < -0.3 is 9.84 Å². The molecule has 0 aliphatic rings. The van der Waals surface area contributed by atoms with E-state index >= 15 is 0 Å². The maximum atomic E-state index is 12.4. The molecular formula is C23H22O3S. The molecule has 0 saturated carbocycles. The van der Waals surface area contributed by atoms with Gasteiger partial charge in [0.1, 0.15) is 4.75 Å². The number of carbonyl (C=O) groups excluding carboxylic acids is 1. The average molecular weight is 378 g/mol. The van der Waals surface area contributed by atoms with Crippen LogP contribution in [0.3, 0.4) is 0 Å². The fourth-order valence-corrected chi connectivity index (χ4v) is 4.59. The fourth-order valence-electron chi connectivity index (χ4n) is 3.15. The molecule has 1 N–H and O–H groups in total. The summed E-state index contributed by atoms with van der Waals surface area (Å²) in [5.74, 6) is -0.0122. The molecule has 0 radical (unpaired) electrons. The lowest BCUT2D eigenvalue weighted by molar-refractivity contribution is -0.151. The van der Waals surface area contributed by atoms with Gasteiger partial charge in [0.05, 0.1) is 7.11 Å². The van der Waals surface area contributed by atoms with E-state index in [1.54, 1.807) is 0 Å². The van der Waals surface area contributed by atoms with Crippen molar-refractivity contribution in [3.8, 4) is 0 Å². The fraction of sp³-hybridized carbons (Fsp3) is 0.174. The molecule has 3 nitrogen and oxygen atoms in total. The van der Waals surface area contributed by atoms with Crippen LogP contribution in [0, 0.1) is 0 Å². The van der Waals surface area contributed by atoms with Crippen molar-refractivity contribution in [1.82, 2.24) is 0 Å². The molecule has 0 heterocycles. The van der Waals surface area contributed by atoms with Crippen LogP contribution in [-0.4, -0.2) is 24.3 Å². The largest absolute Gasteiger partial charge is 0.467 e. The van der Waals surface area contributed by atoms with Gasteiger partial charge in [-0.05, 0) is 16.7 Å². The summed E-state index contributed by atoms with van der Waals surface area (Å²) in [4.78, 5) is 12.4. The Bertz CT molecular complexity index is 811. The Labute approximate surface area is 164 Å². The van der Waals surface area contributed by atoms with Crippen molar-refractivity contribution < 1.29 is 14.6 Å². The second-order valence-corrected chi connectivity index (χ2v) is 7.39. The zero-order valence-electron chi connectivity index (χ0n) is 15.1. The van der Waals surface area contributed by atoms with E-state index in [4.69, 9.17) is 4.74 Å². The quantitative estimate of drug-likeness (QED) is 0.619. The Morgan fingerprint density at radius 3 is 1.78 bits per heavy atom. The van der Waals surface area contributed by atoms with Crippen LogP contribution in [0.1, 0.15) is 16.7 Å². The second kappa shape index (κ2) is 8.89. The van der Waals surface area contributed by atoms with E-state index < -0.39 is 16.8 Å². The first-order valence-corrected chi connectivity index (χ1v) is 9.72. The maximum Gasteiger partial charge on any atom is 0.336 e. The van der Waals surface area contributed by atoms with E-state index in [9.17, 15) is 9.90 Å². The molecule has 3 rings (SSSR count). The standard InChI is InChI=1S/C23H22O3S/c1-26-22(25)21(24)23(19-13-7-3-8-14-19,20-15-9-4-10-16-20)27-17-18-11-5-2-6-12-18/h2-16,21,24H,17H2,1H3. The molecule has 0 aliphatic carbocycles. The van der Waals surface area contributed by atoms with Crippen LogP contribution in [-0.2, 0) is 20.0 Å². The van der Waals surface area contributed by atoms with Gasteiger partial charge in [-0.15, -0.1) is 11.8 Å². The Morgan fingerprint density at radius 2 is 1.33 bits per heavy atom. The zero-order valence-corrected chi connectivity index (χ0v) is 15.9. The molecule has 0 aromatic heterocycles. The van der Waals surface area contributed by atoms with Crippen LogP contribution in [0.5, 0.6) is 0 Å². The Kier molecular flexibility index (Phi) is 6.32. The molecule has 0 spiro atoms. The monoisotopic (exact) mass is 378 g/mol. The van der Waals surface area contributed by atoms with E-state index in [0.29, 0.717) is 5.75 Å². The number of thioether (sulfide) groups is 1. The van der Waals surface area contributed by atoms with E-state index in [1.165, 1.54) is 18.9 Å². The van der Waals surface area contributed by atoms with Crippen molar-refractivity contribution in [3.05, 3.63) is 108 Å². The lowest BCUT2D eigenvalue weighted by Gasteiger charge is -2.37. The number of aliphatic hydroxyl groups excluding tert-OH is 1. The lowest BCUT2D eigenvalue weighted by atomic mass is 9.85. The van der Waals surface area contributed by atoms with Crippen molar-refractivity contribution in [2.75, 3.05) is 7.11 Å². The van der Waals surface area contributed by atoms with Gasteiger partial charge in [-0.2, -0.15) is 0 Å². The van der Waals surface area contributed by atoms with Gasteiger partial charge in [0.15, 0.2) is 6.10 Å². The van der Waals surface area contributed by atoms with Crippen LogP contribution in [0.2, 0.25) is 0 Å². The Balaban J connectivity index is 2.13. The molecule has 0 aliphatic heterocycles. The van der Waals surface area contributed by atoms with E-state index in [2.05, 4.69) is 0 Å². The minimum atomic E-state index is -1.35. The van der Waals surface area contributed by atoms with Crippen LogP contribution in [0.15, 0.2) is 91.0 Å². The number of hydrogen-bond acceptors (Lipinski definition) is 4. The van der Waals surface area contributed by atoms with Gasteiger partial charge in [-0.25, -0.2) is 4.79 Å². The Hall–Kier alpha value is -2.56. The molecule has 27 heavy (non-hydrogen) atoms. The van der Waals surface area contributed by atoms with Crippen LogP contribution < -0.4 is 0 Å². The number of benzene rings is 3. The molecule has 1 unspecified atom stereocenters. The highest BCUT2D eigenvalue weighted by molar-refractivity contribution is 7.99. The first kappa shape index (κ1) is 19.2. The Morgan fingerprint density at radius 1 is 0.889 bits per heavy atom. The predicted octanol–water partition coefficient (Wildman–Crippen LogP) is 4.40. The summed E-state index contributed by atoms with van der Waals surface area (Å²) < 4.78 is 3.93. The lowest BCUT2D eigenvalue weighted by Crippen LogP contribution is -2.44. The normalized spacial score (nSPS) is 12.4. The highest BCUT2D eigenvalue weighted by Gasteiger charge is 2.46. The van der Waals surface area contributed by atoms with Gasteiger partial charge in [0, 0.05) is 5.75 Å². The van der Waals surface area contributed by atoms with Gasteiger partial charge in [-0.3, -0.25) is 0 Å². The third-order valence-electron chi connectivity index (χ3n) is 4.52. The van der Waals surface area contributed by atoms with Crippen molar-refractivity contribution in [2.45, 2.75) is 16.6 Å². The highest BCUT2D eigenvalue weighted by Crippen LogP contribution is 2.47. The third-order valence-corrected chi connectivity index (χ3v) is 6.15. The number of rotatable bonds is 7. The highest BCUT2D eigenvalue weighted by atomic mass is 32.2. The average Bonchev–Trinajstić information content (AvgIpc) is 2.75. The van der Waals surface area contributed by atoms with E-state index in [0.717, 1.165) is 16.7 Å². The summed E-state index contributed by atoms with van der Waals surface area (Å²) >= 11 is 1.53. The smallest absolute Gasteiger partial charge is 0.336 e. The second-order valence-electron chi connectivity index (χ2n) is 6.17. The first-order valence-electron chi connectivity index (χ1n) is 8.73. The zero-order chi connectivity index (χ0) is 19.1. The first-order chi connectivity index (χ1) is 13.2. The summed E-state index contributed by atoms with van der Waals surface area (Å²) in [7, 11) is 1.30. The number of carbonyl (C=O) groups is 1. The number of methoxy groups -OCH3 is 1. The molecule has 3 aromatic carbocycles. The van der Waals surface area contributed by atoms with Crippen molar-refractivity contribution >= 4 is 17.7 Å². The van der Waals surface area contributed by atoms with Crippen LogP contribution >= 0.6 is 11.8 Å². The summed E-state index contributed by atoms with van der Waals surface area (Å²) in [5.41, 5.74) is 2.83. The molecule has 4 heteroatoms. The number of hydrogen-bond donors (Lipinski definition) is 1. The van der Waals surface area contributed by atoms with E-state index in [-0.39, 0.29) is 0 Å². The maximum absolute atomic E-state index is 12.4. The van der Waals surface area contributed by atoms with Gasteiger partial charge in [-0.1, -0.05) is 91.0 Å². The predicted molar refractivity (Wildman–Crippen MR) is 109 cm³/mol. The van der Waals surface area contributed by atoms with Crippen LogP contribution in [0.25, 0.3) is 0 Å². The van der Waals surface area contributed by atoms with Gasteiger partial charge in [0.2, 0.25) is 0 Å². The SMILES string of the molecule is COC(=O)C(O)C(SCc1ccccc1)(c1ccccc1)c1ccccc1. The molecule has 138 valence electrons. The summed E-state index contributed by atoms with van der Waals surface area (Å²) in [6.45, 7) is 0. The molecule has 0 bridgehead atoms. The number of ether oxygens (including phenoxy) is 1. The minimum absolute atomic E-state index is 0.638. The molecule has 0 saturated heterocycles. The van der Waals surface area contributed by atoms with Crippen molar-refractivity contribution in [1.29, 1.82) is 0 Å². The van der Waals surface area contributed by atoms with E-state index in [1.807, 2.05) is 91.0 Å². The number of esters is 1. The summed E-state index contributed by atoms with van der Waals surface area (Å²) in [6, 6.07) is 29.3. The molecule has 0 fully saturated rings. The third kappa shape index (κ3) is 4.07. The molecule has 1 atom stereocenters.